The van der Waals surface area contributed by atoms with Gasteiger partial charge in [-0.2, -0.15) is 0 Å². The van der Waals surface area contributed by atoms with Crippen LogP contribution in [0.2, 0.25) is 0 Å². The van der Waals surface area contributed by atoms with E-state index in [1.807, 2.05) is 20.8 Å². The molecule has 0 aromatic carbocycles. The zero-order valence-corrected chi connectivity index (χ0v) is 32.6. The Labute approximate surface area is 309 Å². The highest BCUT2D eigenvalue weighted by atomic mass is 16.6. The molecule has 0 saturated carbocycles. The van der Waals surface area contributed by atoms with Gasteiger partial charge in [0, 0.05) is 6.61 Å². The first-order chi connectivity index (χ1) is 25.0. The van der Waals surface area contributed by atoms with Gasteiger partial charge in [0.2, 0.25) is 0 Å². The van der Waals surface area contributed by atoms with Crippen molar-refractivity contribution in [2.75, 3.05) is 159 Å². The SMILES string of the molecule is CCCCCCCCOCCOCCOCCOCCOCCOCCOCCOCCOCCOCCOCCOCCC(=O)OC(C)(C)C. The third-order valence-corrected chi connectivity index (χ3v) is 6.60. The molecule has 0 heterocycles. The molecule has 14 nitrogen and oxygen atoms in total. The van der Waals surface area contributed by atoms with Crippen molar-refractivity contribution in [3.8, 4) is 0 Å². The Morgan fingerprint density at radius 3 is 0.843 bits per heavy atom. The second kappa shape index (κ2) is 41.7. The molecule has 0 aliphatic heterocycles. The molecule has 0 unspecified atom stereocenters. The summed E-state index contributed by atoms with van der Waals surface area (Å²) in [5.74, 6) is -0.264. The topological polar surface area (TPSA) is 137 Å². The third kappa shape index (κ3) is 47.0. The van der Waals surface area contributed by atoms with E-state index in [-0.39, 0.29) is 12.4 Å². The molecule has 0 amide bonds. The molecule has 51 heavy (non-hydrogen) atoms. The predicted molar refractivity (Wildman–Crippen MR) is 194 cm³/mol. The zero-order chi connectivity index (χ0) is 37.2. The lowest BCUT2D eigenvalue weighted by Crippen LogP contribution is -2.24. The second-order valence-corrected chi connectivity index (χ2v) is 12.5. The largest absolute Gasteiger partial charge is 0.460 e. The Hall–Kier alpha value is -1.01. The average Bonchev–Trinajstić information content (AvgIpc) is 3.09. The second-order valence-electron chi connectivity index (χ2n) is 12.5. The van der Waals surface area contributed by atoms with Crippen molar-refractivity contribution < 1.29 is 66.4 Å². The fourth-order valence-electron chi connectivity index (χ4n) is 4.05. The quantitative estimate of drug-likeness (QED) is 0.0649. The normalized spacial score (nSPS) is 11.8. The fourth-order valence-corrected chi connectivity index (χ4v) is 4.05. The first-order valence-electron chi connectivity index (χ1n) is 19.1. The number of unbranched alkanes of at least 4 members (excludes halogenated alkanes) is 5. The van der Waals surface area contributed by atoms with Crippen LogP contribution in [0.1, 0.15) is 72.6 Å². The van der Waals surface area contributed by atoms with Crippen molar-refractivity contribution in [2.45, 2.75) is 78.2 Å². The van der Waals surface area contributed by atoms with Gasteiger partial charge in [0.15, 0.2) is 0 Å². The Morgan fingerprint density at radius 1 is 0.333 bits per heavy atom. The smallest absolute Gasteiger partial charge is 0.308 e. The Bertz CT molecular complexity index is 680. The van der Waals surface area contributed by atoms with E-state index in [1.165, 1.54) is 32.1 Å². The lowest BCUT2D eigenvalue weighted by molar-refractivity contribution is -0.156. The van der Waals surface area contributed by atoms with E-state index < -0.39 is 5.60 Å². The molecule has 0 rings (SSSR count). The van der Waals surface area contributed by atoms with Crippen LogP contribution >= 0.6 is 0 Å². The summed E-state index contributed by atoms with van der Waals surface area (Å²) in [5.41, 5.74) is -0.473. The zero-order valence-electron chi connectivity index (χ0n) is 32.6. The molecule has 14 heteroatoms. The van der Waals surface area contributed by atoms with Crippen LogP contribution in [0.15, 0.2) is 0 Å². The van der Waals surface area contributed by atoms with Crippen molar-refractivity contribution in [3.63, 3.8) is 0 Å². The van der Waals surface area contributed by atoms with Crippen LogP contribution < -0.4 is 0 Å². The minimum Gasteiger partial charge on any atom is -0.460 e. The summed E-state index contributed by atoms with van der Waals surface area (Å²) in [5, 5.41) is 0. The van der Waals surface area contributed by atoms with Crippen LogP contribution in [0.4, 0.5) is 0 Å². The summed E-state index contributed by atoms with van der Waals surface area (Å²) >= 11 is 0. The van der Waals surface area contributed by atoms with E-state index in [1.54, 1.807) is 0 Å². The number of rotatable bonds is 43. The molecule has 0 fully saturated rings. The van der Waals surface area contributed by atoms with Crippen molar-refractivity contribution in [1.82, 2.24) is 0 Å². The maximum atomic E-state index is 11.6. The first kappa shape index (κ1) is 50.0. The monoisotopic (exact) mass is 743 g/mol. The minimum atomic E-state index is -0.473. The lowest BCUT2D eigenvalue weighted by Gasteiger charge is -2.19. The van der Waals surface area contributed by atoms with Crippen molar-refractivity contribution in [3.05, 3.63) is 0 Å². The molecule has 0 aliphatic rings. The van der Waals surface area contributed by atoms with Crippen LogP contribution in [0.3, 0.4) is 0 Å². The highest BCUT2D eigenvalue weighted by Crippen LogP contribution is 2.08. The Balaban J connectivity index is 3.09. The van der Waals surface area contributed by atoms with Gasteiger partial charge in [-0.25, -0.2) is 0 Å². The van der Waals surface area contributed by atoms with Gasteiger partial charge in [0.25, 0.3) is 0 Å². The van der Waals surface area contributed by atoms with E-state index in [2.05, 4.69) is 6.92 Å². The number of hydrogen-bond donors (Lipinski definition) is 0. The summed E-state index contributed by atoms with van der Waals surface area (Å²) in [6.07, 6.45) is 7.89. The summed E-state index contributed by atoms with van der Waals surface area (Å²) in [4.78, 5) is 11.6. The molecule has 0 aliphatic carbocycles. The van der Waals surface area contributed by atoms with Gasteiger partial charge in [-0.1, -0.05) is 39.0 Å². The predicted octanol–water partition coefficient (Wildman–Crippen LogP) is 4.28. The van der Waals surface area contributed by atoms with E-state index in [9.17, 15) is 4.79 Å². The Morgan fingerprint density at radius 2 is 0.569 bits per heavy atom. The van der Waals surface area contributed by atoms with E-state index >= 15 is 0 Å². The molecule has 0 aromatic rings. The summed E-state index contributed by atoms with van der Waals surface area (Å²) in [6, 6.07) is 0. The van der Waals surface area contributed by atoms with E-state index in [4.69, 9.17) is 61.6 Å². The average molecular weight is 743 g/mol. The van der Waals surface area contributed by atoms with Crippen LogP contribution in [-0.2, 0) is 66.4 Å². The van der Waals surface area contributed by atoms with Crippen molar-refractivity contribution in [2.24, 2.45) is 0 Å². The first-order valence-corrected chi connectivity index (χ1v) is 19.1. The van der Waals surface area contributed by atoms with Gasteiger partial charge < -0.3 is 61.6 Å². The van der Waals surface area contributed by atoms with Gasteiger partial charge in [0.1, 0.15) is 5.60 Å². The van der Waals surface area contributed by atoms with Gasteiger partial charge in [0.05, 0.1) is 158 Å². The van der Waals surface area contributed by atoms with Crippen LogP contribution in [0, 0.1) is 0 Å². The number of hydrogen-bond acceptors (Lipinski definition) is 14. The molecule has 0 bridgehead atoms. The molecule has 0 radical (unpaired) electrons. The van der Waals surface area contributed by atoms with Crippen LogP contribution in [0.5, 0.6) is 0 Å². The molecule has 0 atom stereocenters. The fraction of sp³-hybridized carbons (Fsp3) is 0.973. The maximum Gasteiger partial charge on any atom is 0.308 e. The standard InChI is InChI=1S/C37H74O14/c1-5-6-7-8-9-10-12-39-14-16-41-18-20-43-22-24-45-26-28-47-30-32-49-34-35-50-33-31-48-29-27-46-25-23-44-21-19-42-17-15-40-13-11-36(38)51-37(2,3)4/h5-35H2,1-4H3. The van der Waals surface area contributed by atoms with Crippen molar-refractivity contribution >= 4 is 5.97 Å². The van der Waals surface area contributed by atoms with Gasteiger partial charge in [-0.3, -0.25) is 4.79 Å². The molecular weight excluding hydrogens is 668 g/mol. The van der Waals surface area contributed by atoms with Crippen LogP contribution in [0.25, 0.3) is 0 Å². The summed E-state index contributed by atoms with van der Waals surface area (Å²) in [7, 11) is 0. The summed E-state index contributed by atoms with van der Waals surface area (Å²) < 4.78 is 71.0. The maximum absolute atomic E-state index is 11.6. The molecule has 306 valence electrons. The Kier molecular flexibility index (Phi) is 40.9. The third-order valence-electron chi connectivity index (χ3n) is 6.60. The number of ether oxygens (including phenoxy) is 13. The van der Waals surface area contributed by atoms with Crippen molar-refractivity contribution in [1.29, 1.82) is 0 Å². The molecule has 0 spiro atoms. The van der Waals surface area contributed by atoms with E-state index in [0.717, 1.165) is 13.0 Å². The van der Waals surface area contributed by atoms with Gasteiger partial charge >= 0.3 is 5.97 Å². The van der Waals surface area contributed by atoms with Gasteiger partial charge in [-0.15, -0.1) is 0 Å². The summed E-state index contributed by atoms with van der Waals surface area (Å²) in [6.45, 7) is 20.2. The van der Waals surface area contributed by atoms with E-state index in [0.29, 0.717) is 152 Å². The highest BCUT2D eigenvalue weighted by Gasteiger charge is 2.15. The molecule has 0 N–H and O–H groups in total. The molecule has 0 saturated heterocycles. The number of carbonyl (C=O) groups is 1. The molecular formula is C37H74O14. The van der Waals surface area contributed by atoms with Gasteiger partial charge in [-0.05, 0) is 27.2 Å². The highest BCUT2D eigenvalue weighted by molar-refractivity contribution is 5.69. The minimum absolute atomic E-state index is 0.233. The lowest BCUT2D eigenvalue weighted by atomic mass is 10.1. The number of esters is 1. The molecule has 0 aromatic heterocycles. The number of carbonyl (C=O) groups excluding carboxylic acids is 1. The van der Waals surface area contributed by atoms with Crippen LogP contribution in [-0.4, -0.2) is 170 Å².